The number of para-hydroxylation sites is 1. The Labute approximate surface area is 267 Å². The van der Waals surface area contributed by atoms with E-state index >= 15 is 0 Å². The fraction of sp³-hybridized carbons (Fsp3) is 0.244. The molecule has 0 saturated carbocycles. The van der Waals surface area contributed by atoms with Gasteiger partial charge in [-0.05, 0) is 76.8 Å². The van der Waals surface area contributed by atoms with Crippen molar-refractivity contribution in [3.63, 3.8) is 0 Å². The van der Waals surface area contributed by atoms with E-state index in [9.17, 15) is 9.18 Å². The van der Waals surface area contributed by atoms with Gasteiger partial charge in [-0.15, -0.1) is 0 Å². The van der Waals surface area contributed by atoms with E-state index in [0.717, 1.165) is 38.9 Å². The van der Waals surface area contributed by atoms with E-state index < -0.39 is 12.0 Å². The molecule has 0 aliphatic carbocycles. The van der Waals surface area contributed by atoms with E-state index in [4.69, 9.17) is 4.74 Å². The number of hydrogen-bond donors (Lipinski definition) is 1. The zero-order valence-corrected chi connectivity index (χ0v) is 27.0. The first-order valence-electron chi connectivity index (χ1n) is 15.7. The van der Waals surface area contributed by atoms with E-state index in [1.165, 1.54) is 17.2 Å². The fourth-order valence-electron chi connectivity index (χ4n) is 6.21. The Balaban J connectivity index is 1.66. The first-order chi connectivity index (χ1) is 21.7. The Morgan fingerprint density at radius 2 is 1.18 bits per heavy atom. The van der Waals surface area contributed by atoms with Gasteiger partial charge in [-0.2, -0.15) is 0 Å². The third-order valence-electron chi connectivity index (χ3n) is 8.37. The van der Waals surface area contributed by atoms with E-state index in [0.29, 0.717) is 11.4 Å². The minimum absolute atomic E-state index is 0.00186. The van der Waals surface area contributed by atoms with Gasteiger partial charge < -0.3 is 10.1 Å². The van der Waals surface area contributed by atoms with Gasteiger partial charge in [0.2, 0.25) is 0 Å². The van der Waals surface area contributed by atoms with Crippen LogP contribution in [-0.4, -0.2) is 5.97 Å². The van der Waals surface area contributed by atoms with Crippen LogP contribution in [0.5, 0.6) is 5.75 Å². The molecule has 0 bridgehead atoms. The van der Waals surface area contributed by atoms with Crippen molar-refractivity contribution in [2.45, 2.75) is 65.8 Å². The van der Waals surface area contributed by atoms with Crippen LogP contribution in [0, 0.1) is 19.7 Å². The van der Waals surface area contributed by atoms with Crippen molar-refractivity contribution < 1.29 is 13.9 Å². The summed E-state index contributed by atoms with van der Waals surface area (Å²) >= 11 is 0. The van der Waals surface area contributed by atoms with Gasteiger partial charge in [0.25, 0.3) is 0 Å². The topological polar surface area (TPSA) is 38.3 Å². The first-order valence-corrected chi connectivity index (χ1v) is 15.7. The van der Waals surface area contributed by atoms with Crippen LogP contribution >= 0.6 is 0 Å². The van der Waals surface area contributed by atoms with Crippen molar-refractivity contribution in [2.75, 3.05) is 5.32 Å². The summed E-state index contributed by atoms with van der Waals surface area (Å²) in [5.41, 5.74) is 9.62. The number of hydrogen-bond acceptors (Lipinski definition) is 3. The number of rotatable bonds is 10. The van der Waals surface area contributed by atoms with Gasteiger partial charge >= 0.3 is 5.97 Å². The molecule has 45 heavy (non-hydrogen) atoms. The fourth-order valence-corrected chi connectivity index (χ4v) is 6.21. The van der Waals surface area contributed by atoms with Crippen LogP contribution in [0.15, 0.2) is 109 Å². The van der Waals surface area contributed by atoms with Gasteiger partial charge in [-0.1, -0.05) is 125 Å². The number of aryl methyl sites for hydroxylation is 2. The average Bonchev–Trinajstić information content (AvgIpc) is 3.02. The van der Waals surface area contributed by atoms with E-state index in [-0.39, 0.29) is 24.1 Å². The Hall–Kier alpha value is -4.70. The van der Waals surface area contributed by atoms with Crippen molar-refractivity contribution in [2.24, 2.45) is 0 Å². The average molecular weight is 600 g/mol. The molecular formula is C41H42FNO2. The van der Waals surface area contributed by atoms with Crippen LogP contribution in [0.3, 0.4) is 0 Å². The molecule has 0 fully saturated rings. The largest absolute Gasteiger partial charge is 0.425 e. The van der Waals surface area contributed by atoms with Crippen LogP contribution in [0.2, 0.25) is 0 Å². The smallest absolute Gasteiger partial charge is 0.313 e. The maximum Gasteiger partial charge on any atom is 0.313 e. The Kier molecular flexibility index (Phi) is 9.83. The van der Waals surface area contributed by atoms with Gasteiger partial charge in [0.05, 0.1) is 18.2 Å². The van der Waals surface area contributed by atoms with Crippen molar-refractivity contribution in [3.05, 3.63) is 143 Å². The Morgan fingerprint density at radius 1 is 0.689 bits per heavy atom. The Bertz CT molecular complexity index is 1720. The van der Waals surface area contributed by atoms with E-state index in [1.807, 2.05) is 42.5 Å². The lowest BCUT2D eigenvalue weighted by Gasteiger charge is -2.25. The second-order valence-corrected chi connectivity index (χ2v) is 12.3. The molecule has 0 spiro atoms. The summed E-state index contributed by atoms with van der Waals surface area (Å²) in [6.45, 7) is 12.9. The molecule has 0 amide bonds. The number of esters is 1. The molecule has 5 rings (SSSR count). The van der Waals surface area contributed by atoms with Crippen molar-refractivity contribution in [1.29, 1.82) is 0 Å². The summed E-state index contributed by atoms with van der Waals surface area (Å²) in [5.74, 6) is 0.329. The summed E-state index contributed by atoms with van der Waals surface area (Å²) in [7, 11) is 0. The molecule has 1 unspecified atom stereocenters. The zero-order valence-electron chi connectivity index (χ0n) is 27.0. The van der Waals surface area contributed by atoms with E-state index in [1.54, 1.807) is 18.2 Å². The van der Waals surface area contributed by atoms with Crippen LogP contribution < -0.4 is 10.1 Å². The second kappa shape index (κ2) is 13.9. The molecule has 0 aliphatic heterocycles. The molecule has 0 aliphatic rings. The van der Waals surface area contributed by atoms with Gasteiger partial charge in [0.1, 0.15) is 11.6 Å². The van der Waals surface area contributed by atoms with Gasteiger partial charge in [0, 0.05) is 11.1 Å². The molecule has 0 saturated heterocycles. The molecule has 0 heterocycles. The Morgan fingerprint density at radius 3 is 1.71 bits per heavy atom. The predicted octanol–water partition coefficient (Wildman–Crippen LogP) is 11.2. The van der Waals surface area contributed by atoms with Gasteiger partial charge in [-0.25, -0.2) is 4.39 Å². The standard InChI is InChI=1S/C41H42FNO2/c1-26(2)31-18-10-12-20-33(31)39-28(5)24-29(6)40(34-21-13-11-19-32(34)27(3)4)41(39)45-38(44)25-37(30-16-8-7-9-17-30)43-36-23-15-14-22-35(36)42/h7-24,26-27,37,43H,25H2,1-6H3. The summed E-state index contributed by atoms with van der Waals surface area (Å²) in [6.07, 6.45) is 0.00186. The van der Waals surface area contributed by atoms with Crippen LogP contribution in [-0.2, 0) is 4.79 Å². The van der Waals surface area contributed by atoms with Crippen LogP contribution in [0.1, 0.15) is 79.8 Å². The van der Waals surface area contributed by atoms with Crippen molar-refractivity contribution in [1.82, 2.24) is 0 Å². The number of carbonyl (C=O) groups excluding carboxylic acids is 1. The lowest BCUT2D eigenvalue weighted by Crippen LogP contribution is -2.20. The molecule has 1 N–H and O–H groups in total. The molecule has 3 nitrogen and oxygen atoms in total. The molecule has 0 radical (unpaired) electrons. The van der Waals surface area contributed by atoms with E-state index in [2.05, 4.69) is 89.3 Å². The summed E-state index contributed by atoms with van der Waals surface area (Å²) in [5, 5.41) is 3.27. The van der Waals surface area contributed by atoms with Gasteiger partial charge in [-0.3, -0.25) is 4.79 Å². The van der Waals surface area contributed by atoms with Crippen molar-refractivity contribution >= 4 is 11.7 Å². The van der Waals surface area contributed by atoms with Crippen LogP contribution in [0.25, 0.3) is 22.3 Å². The third kappa shape index (κ3) is 7.01. The normalized spacial score (nSPS) is 11.9. The molecule has 5 aromatic rings. The van der Waals surface area contributed by atoms with Gasteiger partial charge in [0.15, 0.2) is 0 Å². The maximum atomic E-state index is 14.7. The lowest BCUT2D eigenvalue weighted by atomic mass is 9.84. The lowest BCUT2D eigenvalue weighted by molar-refractivity contribution is -0.134. The van der Waals surface area contributed by atoms with Crippen LogP contribution in [0.4, 0.5) is 10.1 Å². The quantitative estimate of drug-likeness (QED) is 0.128. The number of ether oxygens (including phenoxy) is 1. The minimum Gasteiger partial charge on any atom is -0.425 e. The highest BCUT2D eigenvalue weighted by atomic mass is 19.1. The number of benzene rings is 5. The summed E-state index contributed by atoms with van der Waals surface area (Å²) < 4.78 is 21.3. The zero-order chi connectivity index (χ0) is 32.1. The highest BCUT2D eigenvalue weighted by molar-refractivity contribution is 5.91. The highest BCUT2D eigenvalue weighted by Crippen LogP contribution is 2.47. The molecule has 1 atom stereocenters. The molecule has 4 heteroatoms. The second-order valence-electron chi connectivity index (χ2n) is 12.3. The summed E-state index contributed by atoms with van der Waals surface area (Å²) in [4.78, 5) is 14.1. The first kappa shape index (κ1) is 31.7. The maximum absolute atomic E-state index is 14.7. The SMILES string of the molecule is Cc1cc(C)c(-c2ccccc2C(C)C)c(OC(=O)CC(Nc2ccccc2F)c2ccccc2)c1-c1ccccc1C(C)C. The minimum atomic E-state index is -0.501. The number of halogens is 1. The predicted molar refractivity (Wildman–Crippen MR) is 184 cm³/mol. The molecular weight excluding hydrogens is 557 g/mol. The number of carbonyl (C=O) groups is 1. The third-order valence-corrected chi connectivity index (χ3v) is 8.37. The molecule has 0 aromatic heterocycles. The number of anilines is 1. The molecule has 5 aromatic carbocycles. The summed E-state index contributed by atoms with van der Waals surface area (Å²) in [6, 6.07) is 34.6. The molecule has 230 valence electrons. The monoisotopic (exact) mass is 599 g/mol. The highest BCUT2D eigenvalue weighted by Gasteiger charge is 2.27. The van der Waals surface area contributed by atoms with Crippen molar-refractivity contribution in [3.8, 4) is 28.0 Å². The number of nitrogens with one attached hydrogen (secondary N) is 1.